The lowest BCUT2D eigenvalue weighted by Crippen LogP contribution is -2.31. The summed E-state index contributed by atoms with van der Waals surface area (Å²) in [5.74, 6) is 1.55. The summed E-state index contributed by atoms with van der Waals surface area (Å²) in [6.45, 7) is 3.78. The summed E-state index contributed by atoms with van der Waals surface area (Å²) in [4.78, 5) is 0. The predicted octanol–water partition coefficient (Wildman–Crippen LogP) is 5.50. The van der Waals surface area contributed by atoms with Gasteiger partial charge in [0.05, 0.1) is 0 Å². The van der Waals surface area contributed by atoms with Gasteiger partial charge in [0.15, 0.2) is 0 Å². The van der Waals surface area contributed by atoms with Crippen LogP contribution in [0.2, 0.25) is 0 Å². The van der Waals surface area contributed by atoms with Crippen LogP contribution in [0.15, 0.2) is 78.9 Å². The lowest BCUT2D eigenvalue weighted by Gasteiger charge is -2.18. The van der Waals surface area contributed by atoms with Crippen LogP contribution in [0.5, 0.6) is 11.5 Å². The van der Waals surface area contributed by atoms with Crippen molar-refractivity contribution < 1.29 is 14.9 Å². The Bertz CT molecular complexity index is 1040. The summed E-state index contributed by atoms with van der Waals surface area (Å²) in [5.41, 5.74) is 5.99. The van der Waals surface area contributed by atoms with Crippen LogP contribution in [-0.2, 0) is 0 Å². The van der Waals surface area contributed by atoms with Gasteiger partial charge in [-0.1, -0.05) is 61.5 Å². The van der Waals surface area contributed by atoms with Crippen molar-refractivity contribution in [2.45, 2.75) is 32.3 Å². The fourth-order valence-electron chi connectivity index (χ4n) is 4.09. The van der Waals surface area contributed by atoms with E-state index in [9.17, 15) is 10.2 Å². The molecule has 0 heterocycles. The van der Waals surface area contributed by atoms with Gasteiger partial charge in [0, 0.05) is 6.54 Å². The van der Waals surface area contributed by atoms with E-state index in [1.807, 2.05) is 30.3 Å². The Morgan fingerprint density at radius 2 is 1.55 bits per heavy atom. The fraction of sp³-hybridized carbons (Fsp3) is 0.310. The first-order chi connectivity index (χ1) is 16.2. The Labute approximate surface area is 196 Å². The van der Waals surface area contributed by atoms with E-state index >= 15 is 0 Å². The smallest absolute Gasteiger partial charge is 0.119 e. The third-order valence-corrected chi connectivity index (χ3v) is 5.89. The van der Waals surface area contributed by atoms with E-state index in [1.165, 1.54) is 29.6 Å². The van der Waals surface area contributed by atoms with Gasteiger partial charge < -0.3 is 20.3 Å². The molecule has 0 spiro atoms. The number of benzene rings is 3. The molecule has 0 bridgehead atoms. The summed E-state index contributed by atoms with van der Waals surface area (Å²) < 4.78 is 5.82. The number of aliphatic hydroxyl groups is 1. The summed E-state index contributed by atoms with van der Waals surface area (Å²) in [6, 6.07) is 26.2. The van der Waals surface area contributed by atoms with Crippen molar-refractivity contribution in [2.75, 3.05) is 19.7 Å². The number of rotatable bonds is 11. The summed E-state index contributed by atoms with van der Waals surface area (Å²) in [6.07, 6.45) is 2.88. The van der Waals surface area contributed by atoms with Gasteiger partial charge in [0.2, 0.25) is 0 Å². The minimum absolute atomic E-state index is 0.258. The second-order valence-electron chi connectivity index (χ2n) is 8.67. The van der Waals surface area contributed by atoms with Crippen LogP contribution in [0.4, 0.5) is 0 Å². The number of aromatic hydroxyl groups is 1. The van der Waals surface area contributed by atoms with Gasteiger partial charge in [-0.15, -0.1) is 0 Å². The largest absolute Gasteiger partial charge is 0.508 e. The lowest BCUT2D eigenvalue weighted by molar-refractivity contribution is 0.106. The van der Waals surface area contributed by atoms with Crippen LogP contribution in [0.25, 0.3) is 11.1 Å². The zero-order chi connectivity index (χ0) is 23.0. The Balaban J connectivity index is 1.62. The summed E-state index contributed by atoms with van der Waals surface area (Å²) in [7, 11) is 0. The van der Waals surface area contributed by atoms with E-state index in [0.29, 0.717) is 12.5 Å². The molecule has 172 valence electrons. The molecular formula is C29H33NO3. The van der Waals surface area contributed by atoms with E-state index < -0.39 is 6.10 Å². The third-order valence-electron chi connectivity index (χ3n) is 5.89. The molecule has 0 aromatic heterocycles. The first-order valence-electron chi connectivity index (χ1n) is 11.9. The predicted molar refractivity (Wildman–Crippen MR) is 134 cm³/mol. The first kappa shape index (κ1) is 23.1. The summed E-state index contributed by atoms with van der Waals surface area (Å²) in [5, 5.41) is 23.1. The normalized spacial score (nSPS) is 15.1. The Morgan fingerprint density at radius 3 is 2.15 bits per heavy atom. The highest BCUT2D eigenvalue weighted by molar-refractivity contribution is 6.00. The average molecular weight is 444 g/mol. The topological polar surface area (TPSA) is 61.7 Å². The van der Waals surface area contributed by atoms with Crippen LogP contribution in [-0.4, -0.2) is 36.0 Å². The summed E-state index contributed by atoms with van der Waals surface area (Å²) >= 11 is 0. The number of nitrogens with one attached hydrogen (secondary N) is 1. The molecule has 1 saturated carbocycles. The Kier molecular flexibility index (Phi) is 7.82. The van der Waals surface area contributed by atoms with Crippen LogP contribution in [0.3, 0.4) is 0 Å². The molecule has 0 saturated heterocycles. The highest BCUT2D eigenvalue weighted by Crippen LogP contribution is 2.47. The molecule has 1 aliphatic carbocycles. The molecule has 4 heteroatoms. The molecule has 1 aliphatic rings. The molecule has 1 atom stereocenters. The maximum absolute atomic E-state index is 10.1. The Morgan fingerprint density at radius 1 is 0.909 bits per heavy atom. The van der Waals surface area contributed by atoms with Crippen molar-refractivity contribution in [3.8, 4) is 11.5 Å². The minimum atomic E-state index is -0.539. The van der Waals surface area contributed by atoms with E-state index in [2.05, 4.69) is 48.6 Å². The van der Waals surface area contributed by atoms with Crippen molar-refractivity contribution >= 4 is 11.1 Å². The van der Waals surface area contributed by atoms with Crippen LogP contribution in [0.1, 0.15) is 42.9 Å². The molecule has 33 heavy (non-hydrogen) atoms. The molecule has 1 unspecified atom stereocenters. The van der Waals surface area contributed by atoms with Crippen molar-refractivity contribution in [1.29, 1.82) is 0 Å². The van der Waals surface area contributed by atoms with Crippen LogP contribution >= 0.6 is 0 Å². The SMILES string of the molecule is CCCNCC(O)COc1ccc(/C(=C(/c2ccccc2)C2CC2)c2ccc(O)cc2)cc1. The standard InChI is InChI=1S/C29H33NO3/c1-2-18-30-19-26(32)20-33-27-16-12-24(13-17-27)29(23-10-14-25(31)15-11-23)28(22-8-9-22)21-6-4-3-5-7-21/h3-7,10-17,22,26,30-32H,2,8-9,18-20H2,1H3/b29-28-. The second-order valence-corrected chi connectivity index (χ2v) is 8.67. The fourth-order valence-corrected chi connectivity index (χ4v) is 4.09. The van der Waals surface area contributed by atoms with Gasteiger partial charge >= 0.3 is 0 Å². The number of phenolic OH excluding ortho intramolecular Hbond substituents is 1. The molecule has 3 aromatic carbocycles. The van der Waals surface area contributed by atoms with Crippen molar-refractivity contribution in [3.05, 3.63) is 95.6 Å². The number of allylic oxidation sites excluding steroid dienone is 1. The van der Waals surface area contributed by atoms with E-state index in [-0.39, 0.29) is 12.4 Å². The average Bonchev–Trinajstić information content (AvgIpc) is 3.68. The molecule has 1 fully saturated rings. The Hall–Kier alpha value is -3.08. The maximum Gasteiger partial charge on any atom is 0.119 e. The van der Waals surface area contributed by atoms with Gasteiger partial charge in [-0.05, 0) is 83.8 Å². The highest BCUT2D eigenvalue weighted by atomic mass is 16.5. The number of ether oxygens (including phenoxy) is 1. The quantitative estimate of drug-likeness (QED) is 0.270. The second kappa shape index (κ2) is 11.2. The van der Waals surface area contributed by atoms with Gasteiger partial charge in [-0.25, -0.2) is 0 Å². The highest BCUT2D eigenvalue weighted by Gasteiger charge is 2.30. The van der Waals surface area contributed by atoms with Crippen molar-refractivity contribution in [2.24, 2.45) is 5.92 Å². The zero-order valence-electron chi connectivity index (χ0n) is 19.2. The van der Waals surface area contributed by atoms with E-state index in [1.54, 1.807) is 12.1 Å². The van der Waals surface area contributed by atoms with Gasteiger partial charge in [-0.2, -0.15) is 0 Å². The molecule has 4 rings (SSSR count). The number of hydrogen-bond acceptors (Lipinski definition) is 4. The van der Waals surface area contributed by atoms with E-state index in [4.69, 9.17) is 4.74 Å². The van der Waals surface area contributed by atoms with Crippen molar-refractivity contribution in [1.82, 2.24) is 5.32 Å². The molecule has 0 aliphatic heterocycles. The molecular weight excluding hydrogens is 410 g/mol. The van der Waals surface area contributed by atoms with Crippen molar-refractivity contribution in [3.63, 3.8) is 0 Å². The van der Waals surface area contributed by atoms with Gasteiger partial charge in [0.25, 0.3) is 0 Å². The monoisotopic (exact) mass is 443 g/mol. The number of phenols is 1. The van der Waals surface area contributed by atoms with Gasteiger partial charge in [-0.3, -0.25) is 0 Å². The minimum Gasteiger partial charge on any atom is -0.508 e. The molecule has 3 N–H and O–H groups in total. The molecule has 0 radical (unpaired) electrons. The molecule has 0 amide bonds. The number of aliphatic hydroxyl groups excluding tert-OH is 1. The van der Waals surface area contributed by atoms with E-state index in [0.717, 1.165) is 29.8 Å². The maximum atomic E-state index is 10.1. The third kappa shape index (κ3) is 6.25. The lowest BCUT2D eigenvalue weighted by atomic mass is 9.87. The van der Waals surface area contributed by atoms with Gasteiger partial charge in [0.1, 0.15) is 24.2 Å². The number of hydrogen-bond donors (Lipinski definition) is 3. The molecule has 3 aromatic rings. The van der Waals surface area contributed by atoms with Crippen LogP contribution in [0, 0.1) is 5.92 Å². The van der Waals surface area contributed by atoms with Crippen LogP contribution < -0.4 is 10.1 Å². The first-order valence-corrected chi connectivity index (χ1v) is 11.9. The zero-order valence-corrected chi connectivity index (χ0v) is 19.2. The molecule has 4 nitrogen and oxygen atoms in total.